The molecule has 0 aromatic heterocycles. The number of amides is 1. The minimum Gasteiger partial charge on any atom is -0.349 e. The van der Waals surface area contributed by atoms with E-state index < -0.39 is 5.91 Å². The average Bonchev–Trinajstić information content (AvgIpc) is 3.41. The van der Waals surface area contributed by atoms with E-state index in [1.807, 2.05) is 24.0 Å². The minimum absolute atomic E-state index is 0.0311. The zero-order valence-corrected chi connectivity index (χ0v) is 21.3. The lowest BCUT2D eigenvalue weighted by molar-refractivity contribution is -0.120. The number of ketones is 3. The number of hydrogen-bond donors (Lipinski definition) is 1. The highest BCUT2D eigenvalue weighted by Crippen LogP contribution is 2.35. The van der Waals surface area contributed by atoms with Crippen LogP contribution in [0.4, 0.5) is 5.69 Å². The highest BCUT2D eigenvalue weighted by Gasteiger charge is 2.33. The van der Waals surface area contributed by atoms with Crippen molar-refractivity contribution >= 4 is 28.9 Å². The Morgan fingerprint density at radius 2 is 1.55 bits per heavy atom. The predicted molar refractivity (Wildman–Crippen MR) is 141 cm³/mol. The van der Waals surface area contributed by atoms with E-state index in [-0.39, 0.29) is 59.0 Å². The van der Waals surface area contributed by atoms with Crippen LogP contribution in [0.5, 0.6) is 0 Å². The highest BCUT2D eigenvalue weighted by atomic mass is 16.7. The van der Waals surface area contributed by atoms with E-state index in [2.05, 4.69) is 5.32 Å². The van der Waals surface area contributed by atoms with Crippen molar-refractivity contribution in [3.63, 3.8) is 0 Å². The fourth-order valence-corrected chi connectivity index (χ4v) is 4.81. The van der Waals surface area contributed by atoms with Gasteiger partial charge in [-0.3, -0.25) is 24.1 Å². The van der Waals surface area contributed by atoms with E-state index in [0.717, 1.165) is 5.56 Å². The van der Waals surface area contributed by atoms with E-state index >= 15 is 0 Å². The van der Waals surface area contributed by atoms with Crippen molar-refractivity contribution in [3.05, 3.63) is 99.6 Å². The summed E-state index contributed by atoms with van der Waals surface area (Å²) in [5.74, 6) is -1.21. The topological polar surface area (TPSA) is 102 Å². The van der Waals surface area contributed by atoms with E-state index in [1.54, 1.807) is 55.6 Å². The molecule has 1 amide bonds. The van der Waals surface area contributed by atoms with Gasteiger partial charge in [0.25, 0.3) is 5.91 Å². The van der Waals surface area contributed by atoms with Gasteiger partial charge in [-0.05, 0) is 37.7 Å². The molecular weight excluding hydrogens is 484 g/mol. The Morgan fingerprint density at radius 1 is 0.895 bits per heavy atom. The van der Waals surface area contributed by atoms with Gasteiger partial charge in [-0.2, -0.15) is 0 Å². The number of rotatable bonds is 8. The van der Waals surface area contributed by atoms with Gasteiger partial charge in [0.1, 0.15) is 0 Å². The van der Waals surface area contributed by atoms with Gasteiger partial charge in [-0.1, -0.05) is 48.0 Å². The molecule has 1 N–H and O–H groups in total. The molecule has 1 aliphatic carbocycles. The molecule has 194 valence electrons. The maximum absolute atomic E-state index is 13.6. The Hall–Kier alpha value is -3.98. The second kappa shape index (κ2) is 10.8. The van der Waals surface area contributed by atoms with Crippen LogP contribution in [0.1, 0.15) is 53.3 Å². The quantitative estimate of drug-likeness (QED) is 0.386. The maximum Gasteiger partial charge on any atom is 0.255 e. The monoisotopic (exact) mass is 512 g/mol. The number of Topliss-reactive ketones (excluding diaryl/α,β-unsaturated/α-hetero) is 1. The van der Waals surface area contributed by atoms with Crippen molar-refractivity contribution < 1.29 is 28.7 Å². The summed E-state index contributed by atoms with van der Waals surface area (Å²) in [6.45, 7) is 3.55. The van der Waals surface area contributed by atoms with Gasteiger partial charge in [-0.15, -0.1) is 0 Å². The van der Waals surface area contributed by atoms with Crippen LogP contribution < -0.4 is 5.32 Å². The molecule has 0 radical (unpaired) electrons. The largest absolute Gasteiger partial charge is 0.349 e. The molecule has 3 aromatic rings. The number of fused-ring (bicyclic) bond motifs is 2. The predicted octanol–water partition coefficient (Wildman–Crippen LogP) is 3.44. The van der Waals surface area contributed by atoms with Gasteiger partial charge in [0.2, 0.25) is 0 Å². The average molecular weight is 513 g/mol. The number of likely N-dealkylation sites (N-methyl/N-ethyl adjacent to an activating group) is 1. The van der Waals surface area contributed by atoms with Crippen LogP contribution in [0.25, 0.3) is 0 Å². The Kier molecular flexibility index (Phi) is 7.28. The van der Waals surface area contributed by atoms with Gasteiger partial charge in [0, 0.05) is 35.2 Å². The van der Waals surface area contributed by atoms with Gasteiger partial charge in [-0.25, -0.2) is 0 Å². The summed E-state index contributed by atoms with van der Waals surface area (Å²) in [5.41, 5.74) is 2.98. The van der Waals surface area contributed by atoms with Crippen molar-refractivity contribution in [1.29, 1.82) is 0 Å². The van der Waals surface area contributed by atoms with Gasteiger partial charge in [0.15, 0.2) is 23.6 Å². The molecule has 38 heavy (non-hydrogen) atoms. The van der Waals surface area contributed by atoms with E-state index in [9.17, 15) is 19.2 Å². The first kappa shape index (κ1) is 25.7. The number of aryl methyl sites for hydroxylation is 1. The zero-order valence-electron chi connectivity index (χ0n) is 21.3. The van der Waals surface area contributed by atoms with E-state index in [4.69, 9.17) is 9.47 Å². The third-order valence-electron chi connectivity index (χ3n) is 6.72. The third-order valence-corrected chi connectivity index (χ3v) is 6.72. The first-order valence-electron chi connectivity index (χ1n) is 12.5. The van der Waals surface area contributed by atoms with Crippen molar-refractivity contribution in [1.82, 2.24) is 4.90 Å². The van der Waals surface area contributed by atoms with E-state index in [1.165, 1.54) is 0 Å². The number of ether oxygens (including phenoxy) is 2. The Balaban J connectivity index is 1.48. The van der Waals surface area contributed by atoms with Gasteiger partial charge in [0.05, 0.1) is 31.0 Å². The second-order valence-corrected chi connectivity index (χ2v) is 9.63. The number of anilines is 1. The van der Waals surface area contributed by atoms with Crippen molar-refractivity contribution in [2.75, 3.05) is 38.7 Å². The van der Waals surface area contributed by atoms with Gasteiger partial charge < -0.3 is 14.8 Å². The smallest absolute Gasteiger partial charge is 0.255 e. The van der Waals surface area contributed by atoms with E-state index in [0.29, 0.717) is 36.4 Å². The lowest BCUT2D eigenvalue weighted by atomic mass is 9.81. The molecule has 2 aliphatic rings. The van der Waals surface area contributed by atoms with Crippen LogP contribution in [0.2, 0.25) is 0 Å². The normalized spacial score (nSPS) is 14.9. The first-order chi connectivity index (χ1) is 18.3. The molecule has 0 saturated carbocycles. The summed E-state index contributed by atoms with van der Waals surface area (Å²) in [6, 6.07) is 16.9. The Morgan fingerprint density at radius 3 is 2.24 bits per heavy atom. The number of nitrogens with zero attached hydrogens (tertiary/aromatic N) is 1. The SMILES string of the molecule is Cc1ccc(C(=O)Nc2c(CC(=O)CN(C)CC3OCCO3)ccc3c2C(=O)c2ccccc2C3=O)cc1. The third kappa shape index (κ3) is 5.19. The van der Waals surface area contributed by atoms with Crippen molar-refractivity contribution in [2.45, 2.75) is 19.6 Å². The highest BCUT2D eigenvalue weighted by molar-refractivity contribution is 6.31. The molecule has 8 heteroatoms. The molecular formula is C30H28N2O6. The van der Waals surface area contributed by atoms with Gasteiger partial charge >= 0.3 is 0 Å². The molecule has 1 aliphatic heterocycles. The van der Waals surface area contributed by atoms with Crippen LogP contribution in [-0.2, 0) is 20.7 Å². The summed E-state index contributed by atoms with van der Waals surface area (Å²) < 4.78 is 10.9. The van der Waals surface area contributed by atoms with Crippen molar-refractivity contribution in [3.8, 4) is 0 Å². The molecule has 0 atom stereocenters. The summed E-state index contributed by atoms with van der Waals surface area (Å²) >= 11 is 0. The first-order valence-corrected chi connectivity index (χ1v) is 12.5. The molecule has 0 unspecified atom stereocenters. The van der Waals surface area contributed by atoms with Crippen LogP contribution in [0.3, 0.4) is 0 Å². The summed E-state index contributed by atoms with van der Waals surface area (Å²) in [4.78, 5) is 55.0. The summed E-state index contributed by atoms with van der Waals surface area (Å²) in [7, 11) is 1.80. The molecule has 1 saturated heterocycles. The molecule has 5 rings (SSSR count). The second-order valence-electron chi connectivity index (χ2n) is 9.63. The fraction of sp³-hybridized carbons (Fsp3) is 0.267. The summed E-state index contributed by atoms with van der Waals surface area (Å²) in [5, 5.41) is 2.86. The number of carbonyl (C=O) groups is 4. The molecule has 8 nitrogen and oxygen atoms in total. The maximum atomic E-state index is 13.6. The van der Waals surface area contributed by atoms with Crippen LogP contribution in [0.15, 0.2) is 60.7 Å². The number of benzene rings is 3. The van der Waals surface area contributed by atoms with Crippen LogP contribution >= 0.6 is 0 Å². The summed E-state index contributed by atoms with van der Waals surface area (Å²) in [6.07, 6.45) is -0.402. The lowest BCUT2D eigenvalue weighted by Crippen LogP contribution is -2.34. The molecule has 0 spiro atoms. The van der Waals surface area contributed by atoms with Crippen LogP contribution in [-0.4, -0.2) is 67.8 Å². The Labute approximate surface area is 220 Å². The molecule has 0 bridgehead atoms. The molecule has 1 heterocycles. The molecule has 1 fully saturated rings. The molecule has 3 aromatic carbocycles. The zero-order chi connectivity index (χ0) is 26.8. The number of hydrogen-bond acceptors (Lipinski definition) is 7. The van der Waals surface area contributed by atoms with Crippen molar-refractivity contribution in [2.24, 2.45) is 0 Å². The van der Waals surface area contributed by atoms with Crippen LogP contribution in [0, 0.1) is 6.92 Å². The standard InChI is InChI=1S/C30H28N2O6/c1-18-7-9-19(10-8-18)30(36)31-27-20(15-21(33)16-32(2)17-25-37-13-14-38-25)11-12-24-26(27)29(35)23-6-4-3-5-22(23)28(24)34/h3-12,25H,13-17H2,1-2H3,(H,31,36). The fourth-order valence-electron chi connectivity index (χ4n) is 4.81. The minimum atomic E-state index is -0.432. The number of nitrogens with one attached hydrogen (secondary N) is 1. The number of carbonyl (C=O) groups excluding carboxylic acids is 4. The lowest BCUT2D eigenvalue weighted by Gasteiger charge is -2.23. The Bertz CT molecular complexity index is 1420.